The first-order valence-corrected chi connectivity index (χ1v) is 7.55. The van der Waals surface area contributed by atoms with Gasteiger partial charge in [-0.15, -0.1) is 0 Å². The lowest BCUT2D eigenvalue weighted by molar-refractivity contribution is 0.0581. The lowest BCUT2D eigenvalue weighted by Gasteiger charge is -2.44. The quantitative estimate of drug-likeness (QED) is 0.819. The van der Waals surface area contributed by atoms with E-state index in [0.717, 1.165) is 18.5 Å². The fourth-order valence-electron chi connectivity index (χ4n) is 3.87. The predicted octanol–water partition coefficient (Wildman–Crippen LogP) is 3.02. The maximum atomic E-state index is 5.71. The summed E-state index contributed by atoms with van der Waals surface area (Å²) in [5, 5.41) is 0. The highest BCUT2D eigenvalue weighted by Crippen LogP contribution is 2.38. The highest BCUT2D eigenvalue weighted by atomic mass is 15.2. The van der Waals surface area contributed by atoms with Crippen molar-refractivity contribution in [3.05, 3.63) is 0 Å². The van der Waals surface area contributed by atoms with Crippen LogP contribution in [0.25, 0.3) is 0 Å². The molecule has 0 aromatic rings. The Morgan fingerprint density at radius 3 is 2.76 bits per heavy atom. The fraction of sp³-hybridized carbons (Fsp3) is 1.00. The minimum absolute atomic E-state index is 0.573. The van der Waals surface area contributed by atoms with Gasteiger partial charge in [-0.3, -0.25) is 0 Å². The molecule has 17 heavy (non-hydrogen) atoms. The molecule has 2 unspecified atom stereocenters. The van der Waals surface area contributed by atoms with Gasteiger partial charge in [0.25, 0.3) is 0 Å². The molecule has 2 fully saturated rings. The molecular weight excluding hydrogens is 208 g/mol. The molecule has 0 aromatic heterocycles. The summed E-state index contributed by atoms with van der Waals surface area (Å²) in [5.41, 5.74) is 6.28. The summed E-state index contributed by atoms with van der Waals surface area (Å²) < 4.78 is 0. The molecular formula is C15H30N2. The lowest BCUT2D eigenvalue weighted by atomic mass is 9.74. The summed E-state index contributed by atoms with van der Waals surface area (Å²) in [5.74, 6) is 0.874. The van der Waals surface area contributed by atoms with Crippen LogP contribution in [0.3, 0.4) is 0 Å². The summed E-state index contributed by atoms with van der Waals surface area (Å²) in [6.07, 6.45) is 9.71. The number of nitrogens with zero attached hydrogens (tertiary/aromatic N) is 1. The van der Waals surface area contributed by atoms with Crippen LogP contribution in [0.4, 0.5) is 0 Å². The number of hydrogen-bond acceptors (Lipinski definition) is 2. The van der Waals surface area contributed by atoms with Crippen LogP contribution >= 0.6 is 0 Å². The highest BCUT2D eigenvalue weighted by Gasteiger charge is 2.33. The van der Waals surface area contributed by atoms with Crippen molar-refractivity contribution in [2.24, 2.45) is 17.1 Å². The summed E-state index contributed by atoms with van der Waals surface area (Å²) in [6, 6.07) is 0.860. The van der Waals surface area contributed by atoms with E-state index in [-0.39, 0.29) is 0 Å². The second-order valence-corrected chi connectivity index (χ2v) is 6.99. The molecule has 0 bridgehead atoms. The second kappa shape index (κ2) is 5.71. The number of likely N-dealkylation sites (tertiary alicyclic amines) is 1. The molecule has 2 atom stereocenters. The molecule has 1 saturated carbocycles. The number of piperidine rings is 1. The van der Waals surface area contributed by atoms with E-state index in [1.54, 1.807) is 0 Å². The number of hydrogen-bond donors (Lipinski definition) is 1. The van der Waals surface area contributed by atoms with Crippen molar-refractivity contribution in [2.75, 3.05) is 19.6 Å². The van der Waals surface area contributed by atoms with Crippen LogP contribution in [-0.2, 0) is 0 Å². The molecule has 1 aliphatic heterocycles. The van der Waals surface area contributed by atoms with Gasteiger partial charge in [-0.2, -0.15) is 0 Å². The maximum Gasteiger partial charge on any atom is 0.0100 e. The standard InChI is InChI=1S/C15H30N2/c1-15(2)8-3-6-14(11-15)17-10-4-5-13(12-17)7-9-16/h13-14H,3-12,16H2,1-2H3. The minimum Gasteiger partial charge on any atom is -0.330 e. The van der Waals surface area contributed by atoms with Crippen LogP contribution in [0.5, 0.6) is 0 Å². The van der Waals surface area contributed by atoms with Gasteiger partial charge in [0, 0.05) is 12.6 Å². The lowest BCUT2D eigenvalue weighted by Crippen LogP contribution is -2.46. The zero-order valence-electron chi connectivity index (χ0n) is 11.8. The van der Waals surface area contributed by atoms with Gasteiger partial charge >= 0.3 is 0 Å². The molecule has 2 heteroatoms. The van der Waals surface area contributed by atoms with Crippen molar-refractivity contribution in [3.63, 3.8) is 0 Å². The van der Waals surface area contributed by atoms with E-state index in [0.29, 0.717) is 5.41 Å². The smallest absolute Gasteiger partial charge is 0.0100 e. The SMILES string of the molecule is CC1(C)CCCC(N2CCCC(CCN)C2)C1. The van der Waals surface area contributed by atoms with Crippen molar-refractivity contribution in [1.29, 1.82) is 0 Å². The Bertz CT molecular complexity index is 235. The summed E-state index contributed by atoms with van der Waals surface area (Å²) in [6.45, 7) is 8.41. The Hall–Kier alpha value is -0.0800. The van der Waals surface area contributed by atoms with Crippen LogP contribution in [0.15, 0.2) is 0 Å². The van der Waals surface area contributed by atoms with Gasteiger partial charge in [0.2, 0.25) is 0 Å². The molecule has 2 N–H and O–H groups in total. The summed E-state index contributed by atoms with van der Waals surface area (Å²) in [7, 11) is 0. The van der Waals surface area contributed by atoms with E-state index in [1.807, 2.05) is 0 Å². The first-order chi connectivity index (χ1) is 8.11. The van der Waals surface area contributed by atoms with Crippen LogP contribution in [0, 0.1) is 11.3 Å². The fourth-order valence-corrected chi connectivity index (χ4v) is 3.87. The topological polar surface area (TPSA) is 29.3 Å². The van der Waals surface area contributed by atoms with Gasteiger partial charge < -0.3 is 10.6 Å². The molecule has 1 aliphatic carbocycles. The zero-order chi connectivity index (χ0) is 12.3. The van der Waals surface area contributed by atoms with Gasteiger partial charge in [0.15, 0.2) is 0 Å². The Labute approximate surface area is 107 Å². The Morgan fingerprint density at radius 2 is 2.06 bits per heavy atom. The monoisotopic (exact) mass is 238 g/mol. The Morgan fingerprint density at radius 1 is 1.24 bits per heavy atom. The van der Waals surface area contributed by atoms with Crippen molar-refractivity contribution >= 4 is 0 Å². The third-order valence-corrected chi connectivity index (χ3v) is 4.82. The predicted molar refractivity (Wildman–Crippen MR) is 74.0 cm³/mol. The molecule has 0 amide bonds. The van der Waals surface area contributed by atoms with Crippen LogP contribution < -0.4 is 5.73 Å². The van der Waals surface area contributed by atoms with Gasteiger partial charge in [0.1, 0.15) is 0 Å². The number of rotatable bonds is 3. The van der Waals surface area contributed by atoms with Crippen molar-refractivity contribution < 1.29 is 0 Å². The van der Waals surface area contributed by atoms with E-state index in [2.05, 4.69) is 18.7 Å². The van der Waals surface area contributed by atoms with Gasteiger partial charge in [0.05, 0.1) is 0 Å². The van der Waals surface area contributed by atoms with Crippen LogP contribution in [-0.4, -0.2) is 30.6 Å². The molecule has 1 heterocycles. The Balaban J connectivity index is 1.88. The van der Waals surface area contributed by atoms with Crippen LogP contribution in [0.1, 0.15) is 58.8 Å². The molecule has 2 aliphatic rings. The zero-order valence-corrected chi connectivity index (χ0v) is 11.8. The van der Waals surface area contributed by atoms with Crippen molar-refractivity contribution in [1.82, 2.24) is 4.90 Å². The van der Waals surface area contributed by atoms with Crippen molar-refractivity contribution in [3.8, 4) is 0 Å². The van der Waals surface area contributed by atoms with E-state index in [9.17, 15) is 0 Å². The molecule has 1 saturated heterocycles. The van der Waals surface area contributed by atoms with Crippen molar-refractivity contribution in [2.45, 2.75) is 64.8 Å². The first-order valence-electron chi connectivity index (χ1n) is 7.55. The number of nitrogens with two attached hydrogens (primary N) is 1. The largest absolute Gasteiger partial charge is 0.330 e. The highest BCUT2D eigenvalue weighted by molar-refractivity contribution is 4.87. The van der Waals surface area contributed by atoms with Gasteiger partial charge in [-0.25, -0.2) is 0 Å². The van der Waals surface area contributed by atoms with E-state index >= 15 is 0 Å². The van der Waals surface area contributed by atoms with E-state index < -0.39 is 0 Å². The molecule has 0 aromatic carbocycles. The molecule has 2 rings (SSSR count). The third-order valence-electron chi connectivity index (χ3n) is 4.82. The molecule has 0 spiro atoms. The van der Waals surface area contributed by atoms with E-state index in [1.165, 1.54) is 58.0 Å². The van der Waals surface area contributed by atoms with E-state index in [4.69, 9.17) is 5.73 Å². The van der Waals surface area contributed by atoms with Gasteiger partial charge in [-0.1, -0.05) is 20.3 Å². The van der Waals surface area contributed by atoms with Gasteiger partial charge in [-0.05, 0) is 62.9 Å². The Kier molecular flexibility index (Phi) is 4.48. The molecule has 100 valence electrons. The maximum absolute atomic E-state index is 5.71. The average Bonchev–Trinajstić information content (AvgIpc) is 2.28. The normalized spacial score (nSPS) is 34.8. The third kappa shape index (κ3) is 3.69. The summed E-state index contributed by atoms with van der Waals surface area (Å²) in [4.78, 5) is 2.78. The first kappa shape index (κ1) is 13.4. The molecule has 2 nitrogen and oxygen atoms in total. The molecule has 0 radical (unpaired) electrons. The minimum atomic E-state index is 0.573. The average molecular weight is 238 g/mol. The van der Waals surface area contributed by atoms with Crippen LogP contribution in [0.2, 0.25) is 0 Å². The summed E-state index contributed by atoms with van der Waals surface area (Å²) >= 11 is 0. The second-order valence-electron chi connectivity index (χ2n) is 6.99.